The van der Waals surface area contributed by atoms with Gasteiger partial charge < -0.3 is 9.90 Å². The van der Waals surface area contributed by atoms with Crippen molar-refractivity contribution < 1.29 is 19.1 Å². The molecule has 1 aromatic carbocycles. The van der Waals surface area contributed by atoms with Gasteiger partial charge in [-0.1, -0.05) is 36.1 Å². The molecule has 98 valence electrons. The maximum Gasteiger partial charge on any atom is 0.266 e. The number of thioether (sulfide) groups is 1. The predicted octanol–water partition coefficient (Wildman–Crippen LogP) is 0.777. The molecule has 1 aliphatic heterocycles. The van der Waals surface area contributed by atoms with E-state index in [1.165, 1.54) is 30.3 Å². The molecule has 0 saturated carbocycles. The second kappa shape index (κ2) is 5.50. The van der Waals surface area contributed by atoms with Gasteiger partial charge in [0.2, 0.25) is 0 Å². The normalized spacial score (nSPS) is 17.3. The molecule has 1 aromatic rings. The van der Waals surface area contributed by atoms with Gasteiger partial charge in [0.15, 0.2) is 0 Å². The van der Waals surface area contributed by atoms with E-state index < -0.39 is 18.4 Å². The molecular formula is C12H7FNO3S2-. The van der Waals surface area contributed by atoms with Crippen molar-refractivity contribution in [1.82, 2.24) is 4.90 Å². The van der Waals surface area contributed by atoms with Gasteiger partial charge in [0.1, 0.15) is 10.1 Å². The zero-order valence-electron chi connectivity index (χ0n) is 9.46. The highest BCUT2D eigenvalue weighted by atomic mass is 32.2. The smallest absolute Gasteiger partial charge is 0.266 e. The molecule has 19 heavy (non-hydrogen) atoms. The van der Waals surface area contributed by atoms with Crippen LogP contribution in [0.4, 0.5) is 4.39 Å². The summed E-state index contributed by atoms with van der Waals surface area (Å²) in [5.41, 5.74) is 0.635. The zero-order valence-corrected chi connectivity index (χ0v) is 11.1. The first-order chi connectivity index (χ1) is 8.97. The van der Waals surface area contributed by atoms with Crippen molar-refractivity contribution >= 4 is 46.3 Å². The van der Waals surface area contributed by atoms with Gasteiger partial charge in [0, 0.05) is 0 Å². The average Bonchev–Trinajstić information content (AvgIpc) is 2.60. The largest absolute Gasteiger partial charge is 0.548 e. The van der Waals surface area contributed by atoms with Gasteiger partial charge in [-0.15, -0.1) is 0 Å². The van der Waals surface area contributed by atoms with Crippen LogP contribution in [-0.2, 0) is 9.59 Å². The van der Waals surface area contributed by atoms with Crippen LogP contribution >= 0.6 is 24.0 Å². The van der Waals surface area contributed by atoms with Gasteiger partial charge in [0.05, 0.1) is 17.4 Å². The molecular weight excluding hydrogens is 289 g/mol. The third-order valence-corrected chi connectivity index (χ3v) is 3.71. The Morgan fingerprint density at radius 3 is 2.63 bits per heavy atom. The number of benzene rings is 1. The van der Waals surface area contributed by atoms with Crippen molar-refractivity contribution in [3.8, 4) is 0 Å². The third-order valence-electron chi connectivity index (χ3n) is 2.33. The maximum absolute atomic E-state index is 12.8. The number of carbonyl (C=O) groups excluding carboxylic acids is 2. The summed E-state index contributed by atoms with van der Waals surface area (Å²) >= 11 is 5.93. The fourth-order valence-electron chi connectivity index (χ4n) is 1.48. The molecule has 1 aliphatic rings. The fraction of sp³-hybridized carbons (Fsp3) is 0.0833. The number of amides is 1. The highest BCUT2D eigenvalue weighted by Crippen LogP contribution is 2.32. The molecule has 0 spiro atoms. The van der Waals surface area contributed by atoms with Crippen molar-refractivity contribution in [2.45, 2.75) is 0 Å². The predicted molar refractivity (Wildman–Crippen MR) is 71.3 cm³/mol. The van der Waals surface area contributed by atoms with Crippen molar-refractivity contribution in [1.29, 1.82) is 0 Å². The lowest BCUT2D eigenvalue weighted by Crippen LogP contribution is -2.40. The van der Waals surface area contributed by atoms with Crippen LogP contribution in [0.3, 0.4) is 0 Å². The first kappa shape index (κ1) is 13.7. The number of hydrogen-bond acceptors (Lipinski definition) is 5. The molecule has 7 heteroatoms. The Bertz CT molecular complexity index is 583. The molecule has 2 rings (SSSR count). The lowest BCUT2D eigenvalue weighted by molar-refractivity contribution is -0.305. The summed E-state index contributed by atoms with van der Waals surface area (Å²) in [6.45, 7) is -0.564. The van der Waals surface area contributed by atoms with Gasteiger partial charge in [-0.3, -0.25) is 9.69 Å². The number of carbonyl (C=O) groups is 2. The van der Waals surface area contributed by atoms with Crippen molar-refractivity contribution in [3.05, 3.63) is 40.6 Å². The highest BCUT2D eigenvalue weighted by molar-refractivity contribution is 8.26. The van der Waals surface area contributed by atoms with Gasteiger partial charge in [-0.25, -0.2) is 4.39 Å². The molecule has 0 atom stereocenters. The summed E-state index contributed by atoms with van der Waals surface area (Å²) in [5.74, 6) is -2.23. The number of thiocarbonyl (C=S) groups is 1. The van der Waals surface area contributed by atoms with E-state index in [9.17, 15) is 19.1 Å². The van der Waals surface area contributed by atoms with E-state index in [4.69, 9.17) is 12.2 Å². The summed E-state index contributed by atoms with van der Waals surface area (Å²) in [7, 11) is 0. The molecule has 0 aromatic heterocycles. The Labute approximate surface area is 117 Å². The minimum atomic E-state index is -1.38. The van der Waals surface area contributed by atoms with E-state index in [1.807, 2.05) is 0 Å². The summed E-state index contributed by atoms with van der Waals surface area (Å²) < 4.78 is 12.9. The van der Waals surface area contributed by atoms with Crippen molar-refractivity contribution in [2.24, 2.45) is 0 Å². The van der Waals surface area contributed by atoms with E-state index in [1.54, 1.807) is 0 Å². The molecule has 0 unspecified atom stereocenters. The van der Waals surface area contributed by atoms with E-state index >= 15 is 0 Å². The number of aliphatic carboxylic acids is 1. The number of rotatable bonds is 3. The lowest BCUT2D eigenvalue weighted by atomic mass is 10.2. The molecule has 1 fully saturated rings. The number of carboxylic acids is 1. The van der Waals surface area contributed by atoms with Crippen molar-refractivity contribution in [3.63, 3.8) is 0 Å². The van der Waals surface area contributed by atoms with Crippen LogP contribution in [-0.4, -0.2) is 27.6 Å². The van der Waals surface area contributed by atoms with E-state index in [-0.39, 0.29) is 10.1 Å². The second-order valence-corrected chi connectivity index (χ2v) is 5.37. The minimum absolute atomic E-state index is 0.169. The summed E-state index contributed by atoms with van der Waals surface area (Å²) in [6, 6.07) is 5.57. The average molecular weight is 296 g/mol. The Balaban J connectivity index is 2.23. The van der Waals surface area contributed by atoms with Gasteiger partial charge in [-0.2, -0.15) is 0 Å². The molecule has 1 heterocycles. The van der Waals surface area contributed by atoms with Gasteiger partial charge >= 0.3 is 0 Å². The van der Waals surface area contributed by atoms with Gasteiger partial charge in [-0.05, 0) is 23.8 Å². The fourth-order valence-corrected chi connectivity index (χ4v) is 2.73. The number of nitrogens with zero attached hydrogens (tertiary/aromatic N) is 1. The molecule has 0 bridgehead atoms. The molecule has 0 N–H and O–H groups in total. The quantitative estimate of drug-likeness (QED) is 0.609. The minimum Gasteiger partial charge on any atom is -0.548 e. The van der Waals surface area contributed by atoms with Crippen LogP contribution in [0.1, 0.15) is 5.56 Å². The van der Waals surface area contributed by atoms with Crippen molar-refractivity contribution in [2.75, 3.05) is 6.54 Å². The molecule has 0 radical (unpaired) electrons. The van der Waals surface area contributed by atoms with Crippen LogP contribution in [0.25, 0.3) is 6.08 Å². The highest BCUT2D eigenvalue weighted by Gasteiger charge is 2.31. The van der Waals surface area contributed by atoms with Crippen LogP contribution < -0.4 is 5.11 Å². The van der Waals surface area contributed by atoms with Crippen LogP contribution in [0, 0.1) is 5.82 Å². The van der Waals surface area contributed by atoms with E-state index in [0.717, 1.165) is 16.7 Å². The first-order valence-corrected chi connectivity index (χ1v) is 6.40. The first-order valence-electron chi connectivity index (χ1n) is 5.18. The Morgan fingerprint density at radius 2 is 2.05 bits per heavy atom. The van der Waals surface area contributed by atoms with Gasteiger partial charge in [0.25, 0.3) is 5.91 Å². The number of halogens is 1. The molecule has 0 aliphatic carbocycles. The zero-order chi connectivity index (χ0) is 14.0. The SMILES string of the molecule is O=C([O-])CN1C(=O)/C(=C/c2ccc(F)cc2)SC1=S. The van der Waals surface area contributed by atoms with E-state index in [2.05, 4.69) is 0 Å². The number of hydrogen-bond donors (Lipinski definition) is 0. The summed E-state index contributed by atoms with van der Waals surface area (Å²) in [6.07, 6.45) is 1.54. The molecule has 4 nitrogen and oxygen atoms in total. The lowest BCUT2D eigenvalue weighted by Gasteiger charge is -2.14. The standard InChI is InChI=1S/C12H8FNO3S2/c13-8-3-1-7(2-4-8)5-9-11(17)14(6-10(15)16)12(18)19-9/h1-5H,6H2,(H,15,16)/p-1/b9-5-. The summed E-state index contributed by atoms with van der Waals surface area (Å²) in [5, 5.41) is 10.5. The van der Waals surface area contributed by atoms with Crippen LogP contribution in [0.5, 0.6) is 0 Å². The van der Waals surface area contributed by atoms with E-state index in [0.29, 0.717) is 10.5 Å². The third kappa shape index (κ3) is 3.18. The topological polar surface area (TPSA) is 60.4 Å². The molecule has 1 saturated heterocycles. The monoisotopic (exact) mass is 296 g/mol. The summed E-state index contributed by atoms with van der Waals surface area (Å²) in [4.78, 5) is 23.7. The maximum atomic E-state index is 12.8. The van der Waals surface area contributed by atoms with Crippen LogP contribution in [0.2, 0.25) is 0 Å². The Kier molecular flexibility index (Phi) is 3.96. The Morgan fingerprint density at radius 1 is 1.42 bits per heavy atom. The molecule has 1 amide bonds. The Hall–Kier alpha value is -1.73. The van der Waals surface area contributed by atoms with Crippen LogP contribution in [0.15, 0.2) is 29.2 Å². The number of carboxylic acid groups (broad SMARTS) is 1. The second-order valence-electron chi connectivity index (χ2n) is 3.69.